The van der Waals surface area contributed by atoms with Gasteiger partial charge in [-0.3, -0.25) is 0 Å². The van der Waals surface area contributed by atoms with Crippen molar-refractivity contribution in [2.75, 3.05) is 5.88 Å². The highest BCUT2D eigenvalue weighted by Gasteiger charge is 2.09. The van der Waals surface area contributed by atoms with Crippen LogP contribution in [-0.4, -0.2) is 12.2 Å². The summed E-state index contributed by atoms with van der Waals surface area (Å²) < 4.78 is 12.5. The number of alkyl halides is 1. The van der Waals surface area contributed by atoms with Crippen LogP contribution in [0.15, 0.2) is 24.3 Å². The molecular formula is C10H10ClFO. The molecule has 0 spiro atoms. The van der Waals surface area contributed by atoms with Gasteiger partial charge in [-0.15, -0.1) is 11.6 Å². The molecule has 1 rings (SSSR count). The van der Waals surface area contributed by atoms with Gasteiger partial charge in [0.05, 0.1) is 0 Å². The zero-order valence-electron chi connectivity index (χ0n) is 7.04. The van der Waals surface area contributed by atoms with Crippen LogP contribution in [0.3, 0.4) is 0 Å². The number of carbonyl (C=O) groups excluding carboxylic acids is 1. The molecule has 0 heterocycles. The van der Waals surface area contributed by atoms with Crippen molar-refractivity contribution < 1.29 is 9.18 Å². The molecule has 1 atom stereocenters. The molecule has 0 saturated heterocycles. The van der Waals surface area contributed by atoms with Crippen molar-refractivity contribution in [3.8, 4) is 0 Å². The van der Waals surface area contributed by atoms with E-state index < -0.39 is 0 Å². The summed E-state index contributed by atoms with van der Waals surface area (Å²) in [4.78, 5) is 10.3. The normalized spacial score (nSPS) is 12.5. The highest BCUT2D eigenvalue weighted by molar-refractivity contribution is 6.18. The molecule has 0 bridgehead atoms. The third-order valence-corrected chi connectivity index (χ3v) is 2.28. The van der Waals surface area contributed by atoms with Crippen LogP contribution in [-0.2, 0) is 4.79 Å². The first kappa shape index (κ1) is 10.2. The molecule has 0 radical (unpaired) electrons. The van der Waals surface area contributed by atoms with Crippen molar-refractivity contribution in [3.05, 3.63) is 35.6 Å². The van der Waals surface area contributed by atoms with Gasteiger partial charge in [-0.05, 0) is 17.7 Å². The minimum Gasteiger partial charge on any atom is -0.303 e. The summed E-state index contributed by atoms with van der Waals surface area (Å²) in [6.07, 6.45) is 1.21. The number of carbonyl (C=O) groups is 1. The fourth-order valence-electron chi connectivity index (χ4n) is 1.14. The summed E-state index contributed by atoms with van der Waals surface area (Å²) in [5.41, 5.74) is 0.906. The predicted molar refractivity (Wildman–Crippen MR) is 50.5 cm³/mol. The standard InChI is InChI=1S/C10H10ClFO/c11-7-9(5-6-13)8-1-3-10(12)4-2-8/h1-4,6,9H,5,7H2. The van der Waals surface area contributed by atoms with Gasteiger partial charge in [0.15, 0.2) is 0 Å². The Kier molecular flexibility index (Phi) is 3.90. The zero-order chi connectivity index (χ0) is 9.68. The molecule has 3 heteroatoms. The number of hydrogen-bond donors (Lipinski definition) is 0. The van der Waals surface area contributed by atoms with Gasteiger partial charge in [-0.2, -0.15) is 0 Å². The van der Waals surface area contributed by atoms with E-state index in [-0.39, 0.29) is 11.7 Å². The Balaban J connectivity index is 2.78. The van der Waals surface area contributed by atoms with Crippen molar-refractivity contribution in [1.29, 1.82) is 0 Å². The Labute approximate surface area is 81.5 Å². The maximum atomic E-state index is 12.5. The summed E-state index contributed by atoms with van der Waals surface area (Å²) in [7, 11) is 0. The molecule has 13 heavy (non-hydrogen) atoms. The summed E-state index contributed by atoms with van der Waals surface area (Å²) in [5.74, 6) is 0.104. The number of hydrogen-bond acceptors (Lipinski definition) is 1. The lowest BCUT2D eigenvalue weighted by Gasteiger charge is -2.09. The Morgan fingerprint density at radius 2 is 2.00 bits per heavy atom. The van der Waals surface area contributed by atoms with Crippen LogP contribution in [0, 0.1) is 5.82 Å². The van der Waals surface area contributed by atoms with Gasteiger partial charge in [0, 0.05) is 18.2 Å². The van der Waals surface area contributed by atoms with Gasteiger partial charge in [-0.1, -0.05) is 12.1 Å². The number of rotatable bonds is 4. The third kappa shape index (κ3) is 2.81. The van der Waals surface area contributed by atoms with E-state index >= 15 is 0 Å². The summed E-state index contributed by atoms with van der Waals surface area (Å²) in [6, 6.07) is 6.07. The van der Waals surface area contributed by atoms with E-state index in [2.05, 4.69) is 0 Å². The second-order valence-corrected chi connectivity index (χ2v) is 3.11. The van der Waals surface area contributed by atoms with Crippen molar-refractivity contribution in [3.63, 3.8) is 0 Å². The lowest BCUT2D eigenvalue weighted by atomic mass is 9.98. The Hall–Kier alpha value is -0.890. The minimum absolute atomic E-state index is 0.000216. The maximum absolute atomic E-state index is 12.5. The molecule has 0 N–H and O–H groups in total. The van der Waals surface area contributed by atoms with Crippen LogP contribution >= 0.6 is 11.6 Å². The van der Waals surface area contributed by atoms with E-state index in [1.165, 1.54) is 12.1 Å². The fourth-order valence-corrected chi connectivity index (χ4v) is 1.44. The van der Waals surface area contributed by atoms with Gasteiger partial charge < -0.3 is 4.79 Å². The molecule has 0 fully saturated rings. The second kappa shape index (κ2) is 4.97. The van der Waals surface area contributed by atoms with E-state index in [0.29, 0.717) is 12.3 Å². The molecule has 1 aromatic carbocycles. The Morgan fingerprint density at radius 1 is 1.38 bits per heavy atom. The van der Waals surface area contributed by atoms with Gasteiger partial charge in [0.25, 0.3) is 0 Å². The van der Waals surface area contributed by atoms with Gasteiger partial charge in [0.1, 0.15) is 12.1 Å². The summed E-state index contributed by atoms with van der Waals surface area (Å²) >= 11 is 5.67. The molecule has 1 unspecified atom stereocenters. The largest absolute Gasteiger partial charge is 0.303 e. The number of aldehydes is 1. The molecule has 0 aliphatic heterocycles. The average molecular weight is 201 g/mol. The highest BCUT2D eigenvalue weighted by atomic mass is 35.5. The molecule has 0 aliphatic carbocycles. The quantitative estimate of drug-likeness (QED) is 0.540. The summed E-state index contributed by atoms with van der Waals surface area (Å²) in [6.45, 7) is 0. The highest BCUT2D eigenvalue weighted by Crippen LogP contribution is 2.20. The molecule has 1 aromatic rings. The van der Waals surface area contributed by atoms with Crippen molar-refractivity contribution >= 4 is 17.9 Å². The maximum Gasteiger partial charge on any atom is 0.123 e. The molecule has 0 aromatic heterocycles. The molecule has 70 valence electrons. The molecule has 0 amide bonds. The van der Waals surface area contributed by atoms with Gasteiger partial charge >= 0.3 is 0 Å². The van der Waals surface area contributed by atoms with Crippen LogP contribution in [0.1, 0.15) is 17.9 Å². The van der Waals surface area contributed by atoms with Crippen LogP contribution in [0.25, 0.3) is 0 Å². The first-order valence-electron chi connectivity index (χ1n) is 4.03. The van der Waals surface area contributed by atoms with E-state index in [0.717, 1.165) is 11.8 Å². The SMILES string of the molecule is O=CCC(CCl)c1ccc(F)cc1. The number of halogens is 2. The van der Waals surface area contributed by atoms with Crippen molar-refractivity contribution in [2.24, 2.45) is 0 Å². The monoisotopic (exact) mass is 200 g/mol. The van der Waals surface area contributed by atoms with Crippen LogP contribution in [0.5, 0.6) is 0 Å². The van der Waals surface area contributed by atoms with Gasteiger partial charge in [0.2, 0.25) is 0 Å². The third-order valence-electron chi connectivity index (χ3n) is 1.91. The number of benzene rings is 1. The minimum atomic E-state index is -0.275. The van der Waals surface area contributed by atoms with Crippen LogP contribution < -0.4 is 0 Å². The van der Waals surface area contributed by atoms with E-state index in [9.17, 15) is 9.18 Å². The second-order valence-electron chi connectivity index (χ2n) is 2.81. The molecular weight excluding hydrogens is 191 g/mol. The molecule has 0 saturated carbocycles. The lowest BCUT2D eigenvalue weighted by Crippen LogP contribution is -2.01. The van der Waals surface area contributed by atoms with E-state index in [1.54, 1.807) is 12.1 Å². The smallest absolute Gasteiger partial charge is 0.123 e. The first-order chi connectivity index (χ1) is 6.27. The molecule has 1 nitrogen and oxygen atoms in total. The van der Waals surface area contributed by atoms with Crippen LogP contribution in [0.2, 0.25) is 0 Å². The predicted octanol–water partition coefficient (Wildman–Crippen LogP) is 2.74. The fraction of sp³-hybridized carbons (Fsp3) is 0.300. The first-order valence-corrected chi connectivity index (χ1v) is 4.56. The Bertz CT molecular complexity index is 271. The lowest BCUT2D eigenvalue weighted by molar-refractivity contribution is -0.108. The van der Waals surface area contributed by atoms with Crippen molar-refractivity contribution in [1.82, 2.24) is 0 Å². The van der Waals surface area contributed by atoms with Gasteiger partial charge in [-0.25, -0.2) is 4.39 Å². The van der Waals surface area contributed by atoms with E-state index in [1.807, 2.05) is 0 Å². The van der Waals surface area contributed by atoms with E-state index in [4.69, 9.17) is 11.6 Å². The summed E-state index contributed by atoms with van der Waals surface area (Å²) in [5, 5.41) is 0. The van der Waals surface area contributed by atoms with Crippen LogP contribution in [0.4, 0.5) is 4.39 Å². The topological polar surface area (TPSA) is 17.1 Å². The zero-order valence-corrected chi connectivity index (χ0v) is 7.80. The Morgan fingerprint density at radius 3 is 2.46 bits per heavy atom. The van der Waals surface area contributed by atoms with Crippen molar-refractivity contribution in [2.45, 2.75) is 12.3 Å². The average Bonchev–Trinajstić information content (AvgIpc) is 2.16. The molecule has 0 aliphatic rings.